The summed E-state index contributed by atoms with van der Waals surface area (Å²) in [4.78, 5) is 4.34. The van der Waals surface area contributed by atoms with E-state index in [4.69, 9.17) is 4.42 Å². The lowest BCUT2D eigenvalue weighted by molar-refractivity contribution is 0.0746. The fourth-order valence-electron chi connectivity index (χ4n) is 1.22. The molecule has 2 aromatic heterocycles. The number of hydrogen-bond acceptors (Lipinski definition) is 4. The van der Waals surface area contributed by atoms with Crippen LogP contribution in [-0.4, -0.2) is 10.1 Å². The molecule has 2 rings (SSSR count). The fraction of sp³-hybridized carbons (Fsp3) is 0.364. The minimum absolute atomic E-state index is 0.677. The Bertz CT molecular complexity index is 465. The first-order chi connectivity index (χ1) is 6.97. The highest BCUT2D eigenvalue weighted by Crippen LogP contribution is 2.29. The topological polar surface area (TPSA) is 46.3 Å². The largest absolute Gasteiger partial charge is 0.459 e. The maximum absolute atomic E-state index is 9.77. The van der Waals surface area contributed by atoms with Gasteiger partial charge in [-0.2, -0.15) is 0 Å². The van der Waals surface area contributed by atoms with Gasteiger partial charge in [0.15, 0.2) is 10.8 Å². The third kappa shape index (κ3) is 2.11. The molecule has 0 amide bonds. The molecule has 80 valence electrons. The van der Waals surface area contributed by atoms with E-state index in [1.165, 1.54) is 11.3 Å². The summed E-state index contributed by atoms with van der Waals surface area (Å²) in [5.41, 5.74) is -0.215. The Morgan fingerprint density at radius 1 is 1.40 bits per heavy atom. The molecule has 0 unspecified atom stereocenters. The molecule has 0 saturated carbocycles. The first kappa shape index (κ1) is 10.4. The van der Waals surface area contributed by atoms with Crippen molar-refractivity contribution < 1.29 is 9.52 Å². The van der Waals surface area contributed by atoms with Crippen molar-refractivity contribution >= 4 is 11.3 Å². The predicted molar refractivity (Wildman–Crippen MR) is 59.8 cm³/mol. The Morgan fingerprint density at radius 2 is 2.13 bits per heavy atom. The highest BCUT2D eigenvalue weighted by atomic mass is 32.1. The SMILES string of the molecule is Cc1ccc(-c2nc(C(C)(C)O)cs2)o1. The van der Waals surface area contributed by atoms with E-state index in [1.807, 2.05) is 24.4 Å². The molecule has 0 spiro atoms. The van der Waals surface area contributed by atoms with Crippen LogP contribution in [0.2, 0.25) is 0 Å². The maximum Gasteiger partial charge on any atom is 0.162 e. The summed E-state index contributed by atoms with van der Waals surface area (Å²) in [5, 5.41) is 12.4. The zero-order chi connectivity index (χ0) is 11.1. The first-order valence-electron chi connectivity index (χ1n) is 4.72. The van der Waals surface area contributed by atoms with E-state index in [1.54, 1.807) is 13.8 Å². The molecule has 0 radical (unpaired) electrons. The van der Waals surface area contributed by atoms with Crippen LogP contribution in [0.1, 0.15) is 25.3 Å². The van der Waals surface area contributed by atoms with E-state index in [0.29, 0.717) is 5.69 Å². The average Bonchev–Trinajstić information content (AvgIpc) is 2.69. The normalized spacial score (nSPS) is 12.0. The van der Waals surface area contributed by atoms with Crippen LogP contribution < -0.4 is 0 Å². The van der Waals surface area contributed by atoms with E-state index < -0.39 is 5.60 Å². The van der Waals surface area contributed by atoms with Crippen molar-refractivity contribution in [3.05, 3.63) is 29.0 Å². The Hall–Kier alpha value is -1.13. The summed E-state index contributed by atoms with van der Waals surface area (Å²) in [5.74, 6) is 1.62. The van der Waals surface area contributed by atoms with Crippen molar-refractivity contribution in [1.82, 2.24) is 4.98 Å². The number of nitrogens with zero attached hydrogens (tertiary/aromatic N) is 1. The molecule has 0 aliphatic carbocycles. The smallest absolute Gasteiger partial charge is 0.162 e. The Kier molecular flexibility index (Phi) is 2.40. The molecule has 3 nitrogen and oxygen atoms in total. The average molecular weight is 223 g/mol. The van der Waals surface area contributed by atoms with E-state index in [9.17, 15) is 5.11 Å². The van der Waals surface area contributed by atoms with Crippen LogP contribution in [0.25, 0.3) is 10.8 Å². The molecule has 0 saturated heterocycles. The van der Waals surface area contributed by atoms with Gasteiger partial charge < -0.3 is 9.52 Å². The molecule has 1 N–H and O–H groups in total. The Labute approximate surface area is 92.4 Å². The number of rotatable bonds is 2. The molecule has 0 aliphatic rings. The molecule has 2 aromatic rings. The van der Waals surface area contributed by atoms with Crippen LogP contribution in [0.5, 0.6) is 0 Å². The third-order valence-corrected chi connectivity index (χ3v) is 2.94. The second-order valence-electron chi connectivity index (χ2n) is 4.01. The van der Waals surface area contributed by atoms with Crippen molar-refractivity contribution in [3.63, 3.8) is 0 Å². The summed E-state index contributed by atoms with van der Waals surface area (Å²) in [6.07, 6.45) is 0. The van der Waals surface area contributed by atoms with E-state index >= 15 is 0 Å². The molecular formula is C11H13NO2S. The van der Waals surface area contributed by atoms with Crippen molar-refractivity contribution in [2.24, 2.45) is 0 Å². The van der Waals surface area contributed by atoms with Gasteiger partial charge in [-0.15, -0.1) is 11.3 Å². The number of aryl methyl sites for hydroxylation is 1. The molecule has 0 atom stereocenters. The lowest BCUT2D eigenvalue weighted by Crippen LogP contribution is -2.15. The lowest BCUT2D eigenvalue weighted by Gasteiger charge is -2.12. The second-order valence-corrected chi connectivity index (χ2v) is 4.87. The van der Waals surface area contributed by atoms with Gasteiger partial charge in [0.2, 0.25) is 0 Å². The van der Waals surface area contributed by atoms with Crippen LogP contribution in [-0.2, 0) is 5.60 Å². The number of hydrogen-bond donors (Lipinski definition) is 1. The number of aromatic nitrogens is 1. The number of furan rings is 1. The van der Waals surface area contributed by atoms with Crippen LogP contribution in [0.3, 0.4) is 0 Å². The fourth-order valence-corrected chi connectivity index (χ4v) is 2.16. The van der Waals surface area contributed by atoms with Gasteiger partial charge in [0.05, 0.1) is 5.69 Å². The molecule has 0 fully saturated rings. The minimum atomic E-state index is -0.892. The van der Waals surface area contributed by atoms with Gasteiger partial charge in [0.1, 0.15) is 11.4 Å². The highest BCUT2D eigenvalue weighted by Gasteiger charge is 2.20. The van der Waals surface area contributed by atoms with Crippen molar-refractivity contribution in [2.45, 2.75) is 26.4 Å². The van der Waals surface area contributed by atoms with Crippen molar-refractivity contribution in [2.75, 3.05) is 0 Å². The van der Waals surface area contributed by atoms with E-state index in [0.717, 1.165) is 16.5 Å². The minimum Gasteiger partial charge on any atom is -0.459 e. The summed E-state index contributed by atoms with van der Waals surface area (Å²) >= 11 is 1.48. The van der Waals surface area contributed by atoms with Crippen LogP contribution >= 0.6 is 11.3 Å². The first-order valence-corrected chi connectivity index (χ1v) is 5.60. The van der Waals surface area contributed by atoms with E-state index in [-0.39, 0.29) is 0 Å². The third-order valence-electron chi connectivity index (χ3n) is 2.08. The summed E-state index contributed by atoms with van der Waals surface area (Å²) in [7, 11) is 0. The zero-order valence-corrected chi connectivity index (χ0v) is 9.76. The van der Waals surface area contributed by atoms with Crippen LogP contribution in [0.4, 0.5) is 0 Å². The Morgan fingerprint density at radius 3 is 2.60 bits per heavy atom. The van der Waals surface area contributed by atoms with Crippen LogP contribution in [0.15, 0.2) is 21.9 Å². The standard InChI is InChI=1S/C11H13NO2S/c1-7-4-5-8(14-7)10-12-9(6-15-10)11(2,3)13/h4-6,13H,1-3H3. The molecule has 4 heteroatoms. The highest BCUT2D eigenvalue weighted by molar-refractivity contribution is 7.13. The van der Waals surface area contributed by atoms with Gasteiger partial charge in [0.25, 0.3) is 0 Å². The molecule has 0 aliphatic heterocycles. The quantitative estimate of drug-likeness (QED) is 0.851. The van der Waals surface area contributed by atoms with Crippen molar-refractivity contribution in [3.8, 4) is 10.8 Å². The number of aliphatic hydroxyl groups is 1. The molecular weight excluding hydrogens is 210 g/mol. The zero-order valence-electron chi connectivity index (χ0n) is 8.94. The van der Waals surface area contributed by atoms with Gasteiger partial charge in [-0.25, -0.2) is 4.98 Å². The van der Waals surface area contributed by atoms with Gasteiger partial charge in [-0.3, -0.25) is 0 Å². The Balaban J connectivity index is 2.36. The number of thiazole rings is 1. The molecule has 0 bridgehead atoms. The van der Waals surface area contributed by atoms with Gasteiger partial charge in [-0.1, -0.05) is 0 Å². The summed E-state index contributed by atoms with van der Waals surface area (Å²) in [6, 6.07) is 3.79. The summed E-state index contributed by atoms with van der Waals surface area (Å²) in [6.45, 7) is 5.34. The van der Waals surface area contributed by atoms with Gasteiger partial charge in [0, 0.05) is 5.38 Å². The monoisotopic (exact) mass is 223 g/mol. The van der Waals surface area contributed by atoms with Gasteiger partial charge >= 0.3 is 0 Å². The van der Waals surface area contributed by atoms with Gasteiger partial charge in [-0.05, 0) is 32.9 Å². The van der Waals surface area contributed by atoms with E-state index in [2.05, 4.69) is 4.98 Å². The lowest BCUT2D eigenvalue weighted by atomic mass is 10.1. The van der Waals surface area contributed by atoms with Crippen LogP contribution in [0, 0.1) is 6.92 Å². The molecule has 0 aromatic carbocycles. The predicted octanol–water partition coefficient (Wildman–Crippen LogP) is 2.94. The van der Waals surface area contributed by atoms with Crippen molar-refractivity contribution in [1.29, 1.82) is 0 Å². The molecule has 2 heterocycles. The second kappa shape index (κ2) is 3.47. The maximum atomic E-state index is 9.77. The summed E-state index contributed by atoms with van der Waals surface area (Å²) < 4.78 is 5.46. The molecule has 15 heavy (non-hydrogen) atoms.